The minimum absolute atomic E-state index is 0.727. The maximum absolute atomic E-state index is 3.55. The van der Waals surface area contributed by atoms with Crippen LogP contribution in [0, 0.1) is 5.92 Å². The zero-order valence-electron chi connectivity index (χ0n) is 10.9. The maximum Gasteiger partial charge on any atom is 0.0184 e. The first-order valence-corrected chi connectivity index (χ1v) is 7.80. The summed E-state index contributed by atoms with van der Waals surface area (Å²) in [5.41, 5.74) is 0. The van der Waals surface area contributed by atoms with Crippen molar-refractivity contribution >= 4 is 11.8 Å². The summed E-state index contributed by atoms with van der Waals surface area (Å²) >= 11 is 2.14. The lowest BCUT2D eigenvalue weighted by Crippen LogP contribution is -2.48. The van der Waals surface area contributed by atoms with E-state index in [1.54, 1.807) is 0 Å². The monoisotopic (exact) mass is 242 g/mol. The molecule has 4 unspecified atom stereocenters. The Bertz CT molecular complexity index is 222. The van der Waals surface area contributed by atoms with E-state index in [0.29, 0.717) is 0 Å². The predicted molar refractivity (Wildman–Crippen MR) is 73.1 cm³/mol. The van der Waals surface area contributed by atoms with Gasteiger partial charge in [-0.25, -0.2) is 0 Å². The molecule has 0 amide bonds. The zero-order chi connectivity index (χ0) is 11.5. The standard InChI is InChI=1S/C13H26N2S/c1-10-8-13(4-5-14-10)9-15-6-7-16-12(3)11(15)2/h10-14H,4-9H2,1-3H3. The summed E-state index contributed by atoms with van der Waals surface area (Å²) in [7, 11) is 0. The molecular formula is C13H26N2S. The van der Waals surface area contributed by atoms with Gasteiger partial charge in [-0.3, -0.25) is 4.90 Å². The highest BCUT2D eigenvalue weighted by Gasteiger charge is 2.28. The summed E-state index contributed by atoms with van der Waals surface area (Å²) in [4.78, 5) is 2.73. The van der Waals surface area contributed by atoms with Crippen LogP contribution in [0.3, 0.4) is 0 Å². The summed E-state index contributed by atoms with van der Waals surface area (Å²) in [5, 5.41) is 4.36. The lowest BCUT2D eigenvalue weighted by molar-refractivity contribution is 0.155. The topological polar surface area (TPSA) is 15.3 Å². The van der Waals surface area contributed by atoms with Crippen LogP contribution in [-0.2, 0) is 0 Å². The molecule has 0 spiro atoms. The van der Waals surface area contributed by atoms with Gasteiger partial charge in [-0.2, -0.15) is 11.8 Å². The SMILES string of the molecule is CC1CC(CN2CCSC(C)C2C)CCN1. The van der Waals surface area contributed by atoms with Gasteiger partial charge in [0.05, 0.1) is 0 Å². The van der Waals surface area contributed by atoms with Crippen LogP contribution in [0.25, 0.3) is 0 Å². The molecule has 2 rings (SSSR count). The molecule has 1 N–H and O–H groups in total. The molecule has 3 heteroatoms. The van der Waals surface area contributed by atoms with Gasteiger partial charge in [-0.05, 0) is 39.2 Å². The Morgan fingerprint density at radius 2 is 2.12 bits per heavy atom. The van der Waals surface area contributed by atoms with Gasteiger partial charge >= 0.3 is 0 Å². The molecular weight excluding hydrogens is 216 g/mol. The Morgan fingerprint density at radius 3 is 2.88 bits per heavy atom. The summed E-state index contributed by atoms with van der Waals surface area (Å²) in [6.45, 7) is 11.0. The van der Waals surface area contributed by atoms with Crippen LogP contribution in [0.2, 0.25) is 0 Å². The largest absolute Gasteiger partial charge is 0.314 e. The number of thioether (sulfide) groups is 1. The van der Waals surface area contributed by atoms with Crippen molar-refractivity contribution in [3.8, 4) is 0 Å². The number of nitrogens with zero attached hydrogens (tertiary/aromatic N) is 1. The van der Waals surface area contributed by atoms with E-state index < -0.39 is 0 Å². The smallest absolute Gasteiger partial charge is 0.0184 e. The molecule has 2 heterocycles. The Hall–Kier alpha value is 0.270. The Balaban J connectivity index is 1.83. The van der Waals surface area contributed by atoms with E-state index in [2.05, 4.69) is 42.7 Å². The third kappa shape index (κ3) is 3.14. The van der Waals surface area contributed by atoms with Gasteiger partial charge in [0.2, 0.25) is 0 Å². The number of piperidine rings is 1. The van der Waals surface area contributed by atoms with Crippen molar-refractivity contribution in [2.75, 3.05) is 25.4 Å². The van der Waals surface area contributed by atoms with Crippen molar-refractivity contribution in [3.63, 3.8) is 0 Å². The van der Waals surface area contributed by atoms with Crippen molar-refractivity contribution in [1.29, 1.82) is 0 Å². The van der Waals surface area contributed by atoms with E-state index in [1.807, 2.05) is 0 Å². The Kier molecular flexibility index (Phi) is 4.57. The van der Waals surface area contributed by atoms with E-state index in [1.165, 1.54) is 38.2 Å². The molecule has 0 aromatic carbocycles. The van der Waals surface area contributed by atoms with Gasteiger partial charge in [0.1, 0.15) is 0 Å². The van der Waals surface area contributed by atoms with Crippen LogP contribution in [0.15, 0.2) is 0 Å². The van der Waals surface area contributed by atoms with Crippen molar-refractivity contribution in [1.82, 2.24) is 10.2 Å². The molecule has 2 aliphatic heterocycles. The van der Waals surface area contributed by atoms with Gasteiger partial charge in [0.25, 0.3) is 0 Å². The normalized spacial score (nSPS) is 42.2. The van der Waals surface area contributed by atoms with Gasteiger partial charge in [0, 0.05) is 36.2 Å². The highest BCUT2D eigenvalue weighted by molar-refractivity contribution is 8.00. The van der Waals surface area contributed by atoms with Crippen LogP contribution in [0.4, 0.5) is 0 Å². The van der Waals surface area contributed by atoms with Crippen molar-refractivity contribution < 1.29 is 0 Å². The molecule has 0 aromatic rings. The fraction of sp³-hybridized carbons (Fsp3) is 1.00. The summed E-state index contributed by atoms with van der Waals surface area (Å²) in [6, 6.07) is 1.49. The van der Waals surface area contributed by atoms with Crippen molar-refractivity contribution in [2.24, 2.45) is 5.92 Å². The average Bonchev–Trinajstić information content (AvgIpc) is 2.25. The summed E-state index contributed by atoms with van der Waals surface area (Å²) < 4.78 is 0. The van der Waals surface area contributed by atoms with Crippen molar-refractivity contribution in [3.05, 3.63) is 0 Å². The number of nitrogens with one attached hydrogen (secondary N) is 1. The van der Waals surface area contributed by atoms with Gasteiger partial charge in [-0.1, -0.05) is 6.92 Å². The first kappa shape index (κ1) is 12.7. The second kappa shape index (κ2) is 5.74. The second-order valence-electron chi connectivity index (χ2n) is 5.56. The third-order valence-electron chi connectivity index (χ3n) is 4.24. The molecule has 2 nitrogen and oxygen atoms in total. The molecule has 0 saturated carbocycles. The first-order valence-electron chi connectivity index (χ1n) is 6.76. The lowest BCUT2D eigenvalue weighted by Gasteiger charge is -2.41. The van der Waals surface area contributed by atoms with Crippen LogP contribution < -0.4 is 5.32 Å². The molecule has 2 fully saturated rings. The number of hydrogen-bond acceptors (Lipinski definition) is 3. The number of rotatable bonds is 2. The molecule has 0 aliphatic carbocycles. The van der Waals surface area contributed by atoms with Crippen LogP contribution in [-0.4, -0.2) is 47.6 Å². The van der Waals surface area contributed by atoms with Gasteiger partial charge < -0.3 is 5.32 Å². The molecule has 0 aromatic heterocycles. The molecule has 4 atom stereocenters. The quantitative estimate of drug-likeness (QED) is 0.799. The predicted octanol–water partition coefficient (Wildman–Crippen LogP) is 2.20. The van der Waals surface area contributed by atoms with E-state index in [0.717, 1.165) is 23.3 Å². The van der Waals surface area contributed by atoms with Crippen LogP contribution in [0.5, 0.6) is 0 Å². The third-order valence-corrected chi connectivity index (χ3v) is 5.58. The van der Waals surface area contributed by atoms with Gasteiger partial charge in [-0.15, -0.1) is 0 Å². The first-order chi connectivity index (χ1) is 7.66. The molecule has 16 heavy (non-hydrogen) atoms. The molecule has 0 bridgehead atoms. The van der Waals surface area contributed by atoms with Crippen molar-refractivity contribution in [2.45, 2.75) is 50.9 Å². The fourth-order valence-corrected chi connectivity index (χ4v) is 4.15. The highest BCUT2D eigenvalue weighted by Crippen LogP contribution is 2.26. The highest BCUT2D eigenvalue weighted by atomic mass is 32.2. The fourth-order valence-electron chi connectivity index (χ4n) is 2.99. The average molecular weight is 242 g/mol. The molecule has 2 aliphatic rings. The minimum Gasteiger partial charge on any atom is -0.314 e. The maximum atomic E-state index is 3.55. The van der Waals surface area contributed by atoms with E-state index in [9.17, 15) is 0 Å². The van der Waals surface area contributed by atoms with Gasteiger partial charge in [0.15, 0.2) is 0 Å². The number of hydrogen-bond donors (Lipinski definition) is 1. The lowest BCUT2D eigenvalue weighted by atomic mass is 9.92. The Labute approximate surface area is 105 Å². The van der Waals surface area contributed by atoms with E-state index in [-0.39, 0.29) is 0 Å². The Morgan fingerprint density at radius 1 is 1.31 bits per heavy atom. The minimum atomic E-state index is 0.727. The zero-order valence-corrected chi connectivity index (χ0v) is 11.7. The molecule has 2 saturated heterocycles. The molecule has 94 valence electrons. The summed E-state index contributed by atoms with van der Waals surface area (Å²) in [5.74, 6) is 2.25. The second-order valence-corrected chi connectivity index (χ2v) is 7.04. The molecule has 0 radical (unpaired) electrons. The summed E-state index contributed by atoms with van der Waals surface area (Å²) in [6.07, 6.45) is 2.74. The van der Waals surface area contributed by atoms with Crippen LogP contribution >= 0.6 is 11.8 Å². The van der Waals surface area contributed by atoms with E-state index in [4.69, 9.17) is 0 Å². The van der Waals surface area contributed by atoms with Crippen LogP contribution in [0.1, 0.15) is 33.6 Å². The van der Waals surface area contributed by atoms with E-state index >= 15 is 0 Å².